The summed E-state index contributed by atoms with van der Waals surface area (Å²) in [4.78, 5) is 51.3. The minimum atomic E-state index is -0.961. The van der Waals surface area contributed by atoms with E-state index in [0.29, 0.717) is 31.6 Å². The molecule has 0 bridgehead atoms. The number of morpholine rings is 1. The van der Waals surface area contributed by atoms with Gasteiger partial charge in [-0.25, -0.2) is 9.59 Å². The number of piperidine rings is 1. The lowest BCUT2D eigenvalue weighted by molar-refractivity contribution is -0.135. The molecule has 0 spiro atoms. The summed E-state index contributed by atoms with van der Waals surface area (Å²) < 4.78 is 8.74. The Labute approximate surface area is 196 Å². The molecule has 0 aliphatic carbocycles. The van der Waals surface area contributed by atoms with Crippen molar-refractivity contribution in [3.8, 4) is 0 Å². The zero-order valence-corrected chi connectivity index (χ0v) is 19.5. The van der Waals surface area contributed by atoms with Gasteiger partial charge in [-0.05, 0) is 43.5 Å². The van der Waals surface area contributed by atoms with Gasteiger partial charge in [0.25, 0.3) is 0 Å². The summed E-state index contributed by atoms with van der Waals surface area (Å²) in [6.07, 6.45) is 1.17. The first-order chi connectivity index (χ1) is 16.2. The van der Waals surface area contributed by atoms with Crippen LogP contribution < -0.4 is 11.0 Å². The first-order valence-electron chi connectivity index (χ1n) is 11.6. The number of carbonyl (C=O) groups is 3. The van der Waals surface area contributed by atoms with Gasteiger partial charge < -0.3 is 14.7 Å². The van der Waals surface area contributed by atoms with E-state index >= 15 is 0 Å². The maximum atomic E-state index is 12.9. The number of nitrogens with one attached hydrogen (secondary N) is 1. The molecule has 1 unspecified atom stereocenters. The van der Waals surface area contributed by atoms with E-state index < -0.39 is 18.0 Å². The van der Waals surface area contributed by atoms with Crippen molar-refractivity contribution in [3.05, 3.63) is 34.2 Å². The van der Waals surface area contributed by atoms with Crippen LogP contribution in [0.15, 0.2) is 23.0 Å². The van der Waals surface area contributed by atoms with Crippen molar-refractivity contribution in [3.63, 3.8) is 0 Å². The van der Waals surface area contributed by atoms with Crippen molar-refractivity contribution in [2.45, 2.75) is 37.8 Å². The highest BCUT2D eigenvalue weighted by atomic mass is 16.5. The molecule has 2 aliphatic rings. The lowest BCUT2D eigenvalue weighted by Crippen LogP contribution is -2.48. The highest BCUT2D eigenvalue weighted by Crippen LogP contribution is 2.24. The van der Waals surface area contributed by atoms with E-state index in [1.807, 2.05) is 18.2 Å². The van der Waals surface area contributed by atoms with Gasteiger partial charge in [0.05, 0.1) is 30.3 Å². The number of hydrogen-bond acceptors (Lipinski definition) is 6. The largest absolute Gasteiger partial charge is 0.465 e. The molecule has 2 aliphatic heterocycles. The van der Waals surface area contributed by atoms with Gasteiger partial charge in [0, 0.05) is 33.6 Å². The van der Waals surface area contributed by atoms with Crippen LogP contribution in [0.25, 0.3) is 11.0 Å². The second-order valence-corrected chi connectivity index (χ2v) is 9.06. The molecule has 1 aromatic carbocycles. The molecule has 2 atom stereocenters. The van der Waals surface area contributed by atoms with Gasteiger partial charge in [-0.1, -0.05) is 6.07 Å². The third-order valence-corrected chi connectivity index (χ3v) is 6.64. The van der Waals surface area contributed by atoms with Crippen molar-refractivity contribution in [1.29, 1.82) is 0 Å². The number of carbonyl (C=O) groups excluding carboxylic acids is 2. The molecule has 0 radical (unpaired) electrons. The molecule has 11 nitrogen and oxygen atoms in total. The Morgan fingerprint density at radius 3 is 2.79 bits per heavy atom. The number of imide groups is 1. The van der Waals surface area contributed by atoms with E-state index in [2.05, 4.69) is 10.2 Å². The summed E-state index contributed by atoms with van der Waals surface area (Å²) in [5, 5.41) is 11.4. The summed E-state index contributed by atoms with van der Waals surface area (Å²) in [6.45, 7) is 3.31. The van der Waals surface area contributed by atoms with Gasteiger partial charge >= 0.3 is 11.8 Å². The third-order valence-electron chi connectivity index (χ3n) is 6.64. The summed E-state index contributed by atoms with van der Waals surface area (Å²) in [5.41, 5.74) is 2.27. The summed E-state index contributed by atoms with van der Waals surface area (Å²) in [7, 11) is 3.24. The molecule has 11 heteroatoms. The Balaban J connectivity index is 1.40. The van der Waals surface area contributed by atoms with Gasteiger partial charge in [-0.3, -0.25) is 28.9 Å². The number of ether oxygens (including phenoxy) is 1. The number of carboxylic acid groups (broad SMARTS) is 1. The fourth-order valence-electron chi connectivity index (χ4n) is 4.78. The Morgan fingerprint density at radius 2 is 2.06 bits per heavy atom. The van der Waals surface area contributed by atoms with Gasteiger partial charge in [-0.15, -0.1) is 0 Å². The lowest BCUT2D eigenvalue weighted by Gasteiger charge is -2.34. The molecule has 2 aromatic rings. The van der Waals surface area contributed by atoms with Crippen molar-refractivity contribution in [2.75, 3.05) is 39.8 Å². The van der Waals surface area contributed by atoms with Crippen LogP contribution in [0.5, 0.6) is 0 Å². The van der Waals surface area contributed by atoms with Gasteiger partial charge in [0.2, 0.25) is 11.8 Å². The minimum Gasteiger partial charge on any atom is -0.465 e. The van der Waals surface area contributed by atoms with Crippen molar-refractivity contribution in [1.82, 2.24) is 24.3 Å². The monoisotopic (exact) mass is 473 g/mol. The normalized spacial score (nSPS) is 21.6. The average molecular weight is 474 g/mol. The van der Waals surface area contributed by atoms with Crippen LogP contribution in [0.3, 0.4) is 0 Å². The second kappa shape index (κ2) is 9.98. The van der Waals surface area contributed by atoms with Crippen LogP contribution >= 0.6 is 0 Å². The first kappa shape index (κ1) is 24.0. The molecule has 3 heterocycles. The highest BCUT2D eigenvalue weighted by molar-refractivity contribution is 6.00. The molecule has 2 fully saturated rings. The number of aromatic nitrogens is 2. The number of aryl methyl sites for hydroxylation is 2. The number of likely N-dealkylation sites (N-methyl/N-ethyl adjacent to an activating group) is 1. The van der Waals surface area contributed by atoms with Gasteiger partial charge in [-0.2, -0.15) is 0 Å². The highest BCUT2D eigenvalue weighted by Gasteiger charge is 2.31. The number of benzene rings is 1. The van der Waals surface area contributed by atoms with E-state index in [1.54, 1.807) is 18.7 Å². The molecule has 3 amide bonds. The molecule has 2 N–H and O–H groups in total. The van der Waals surface area contributed by atoms with E-state index in [1.165, 1.54) is 9.47 Å². The zero-order valence-electron chi connectivity index (χ0n) is 19.5. The topological polar surface area (TPSA) is 126 Å². The maximum Gasteiger partial charge on any atom is 0.407 e. The van der Waals surface area contributed by atoms with Crippen molar-refractivity contribution in [2.24, 2.45) is 7.05 Å². The standard InChI is InChI=1S/C23H31N5O6/c1-25(23(32)33)13-16-14-27(10-11-34-16)9-3-4-15-5-6-17-19(12-15)26(2)22(31)28(17)18-7-8-20(29)24-21(18)30/h5-6,12,16,18H,3-4,7-11,13-14H2,1-2H3,(H,32,33)(H,24,29,30)/t16-,18?/m1/s1. The summed E-state index contributed by atoms with van der Waals surface area (Å²) >= 11 is 0. The second-order valence-electron chi connectivity index (χ2n) is 9.06. The SMILES string of the molecule is CN(C[C@@H]1CN(CCCc2ccc3c(c2)n(C)c(=O)n3C2CCC(=O)NC2=O)CCO1)C(=O)O. The Kier molecular flexibility index (Phi) is 7.03. The van der Waals surface area contributed by atoms with E-state index in [-0.39, 0.29) is 24.1 Å². The van der Waals surface area contributed by atoms with Crippen LogP contribution in [0.2, 0.25) is 0 Å². The smallest absolute Gasteiger partial charge is 0.407 e. The van der Waals surface area contributed by atoms with E-state index in [9.17, 15) is 19.2 Å². The number of rotatable bonds is 7. The Hall–Kier alpha value is -3.18. The lowest BCUT2D eigenvalue weighted by atomic mass is 10.0. The molecule has 1 aromatic heterocycles. The molecule has 34 heavy (non-hydrogen) atoms. The number of fused-ring (bicyclic) bond motifs is 1. The van der Waals surface area contributed by atoms with E-state index in [4.69, 9.17) is 9.84 Å². The molecular formula is C23H31N5O6. The Morgan fingerprint density at radius 1 is 1.26 bits per heavy atom. The van der Waals surface area contributed by atoms with Crippen LogP contribution in [-0.4, -0.2) is 87.9 Å². The maximum absolute atomic E-state index is 12.9. The third kappa shape index (κ3) is 5.00. The Bertz CT molecular complexity index is 1150. The predicted octanol–water partition coefficient (Wildman–Crippen LogP) is 0.561. The molecular weight excluding hydrogens is 442 g/mol. The van der Waals surface area contributed by atoms with Crippen LogP contribution in [0, 0.1) is 0 Å². The predicted molar refractivity (Wildman–Crippen MR) is 124 cm³/mol. The van der Waals surface area contributed by atoms with Crippen LogP contribution in [-0.2, 0) is 27.8 Å². The molecule has 184 valence electrons. The van der Waals surface area contributed by atoms with Gasteiger partial charge in [0.1, 0.15) is 6.04 Å². The molecule has 4 rings (SSSR count). The molecule has 2 saturated heterocycles. The zero-order chi connectivity index (χ0) is 24.4. The van der Waals surface area contributed by atoms with Crippen LogP contribution in [0.1, 0.15) is 30.9 Å². The van der Waals surface area contributed by atoms with Crippen molar-refractivity contribution < 1.29 is 24.2 Å². The number of nitrogens with zero attached hydrogens (tertiary/aromatic N) is 4. The van der Waals surface area contributed by atoms with Gasteiger partial charge in [0.15, 0.2) is 0 Å². The first-order valence-corrected chi connectivity index (χ1v) is 11.6. The number of imidazole rings is 1. The fraction of sp³-hybridized carbons (Fsp3) is 0.565. The number of amides is 3. The van der Waals surface area contributed by atoms with E-state index in [0.717, 1.165) is 37.0 Å². The minimum absolute atomic E-state index is 0.132. The summed E-state index contributed by atoms with van der Waals surface area (Å²) in [6, 6.07) is 5.16. The fourth-order valence-corrected chi connectivity index (χ4v) is 4.78. The number of hydrogen-bond donors (Lipinski definition) is 2. The quantitative estimate of drug-likeness (QED) is 0.563. The van der Waals surface area contributed by atoms with Crippen molar-refractivity contribution >= 4 is 28.9 Å². The summed E-state index contributed by atoms with van der Waals surface area (Å²) in [5.74, 6) is -0.745. The molecule has 0 saturated carbocycles. The average Bonchev–Trinajstić information content (AvgIpc) is 3.04. The van der Waals surface area contributed by atoms with Crippen LogP contribution in [0.4, 0.5) is 4.79 Å².